The van der Waals surface area contributed by atoms with Gasteiger partial charge in [0.2, 0.25) is 0 Å². The molecular weight excluding hydrogens is 390 g/mol. The van der Waals surface area contributed by atoms with E-state index >= 15 is 0 Å². The van der Waals surface area contributed by atoms with Crippen LogP contribution in [-0.2, 0) is 13.0 Å². The summed E-state index contributed by atoms with van der Waals surface area (Å²) in [6.07, 6.45) is 4.68. The Morgan fingerprint density at radius 3 is 2.81 bits per heavy atom. The Bertz CT molecular complexity index is 1220. The van der Waals surface area contributed by atoms with E-state index in [4.69, 9.17) is 9.47 Å². The summed E-state index contributed by atoms with van der Waals surface area (Å²) in [4.78, 5) is 10.5. The van der Waals surface area contributed by atoms with Crippen molar-refractivity contribution in [3.05, 3.63) is 83.3 Å². The first-order chi connectivity index (χ1) is 15.2. The van der Waals surface area contributed by atoms with Crippen LogP contribution in [0.5, 0.6) is 17.2 Å². The molecule has 0 amide bonds. The number of H-pyrrole nitrogens is 1. The maximum absolute atomic E-state index is 9.96. The number of benzene rings is 2. The highest BCUT2D eigenvalue weighted by Gasteiger charge is 2.32. The summed E-state index contributed by atoms with van der Waals surface area (Å²) in [6, 6.07) is 15.9. The van der Waals surface area contributed by atoms with Crippen molar-refractivity contribution in [3.63, 3.8) is 0 Å². The van der Waals surface area contributed by atoms with Gasteiger partial charge in [-0.1, -0.05) is 12.1 Å². The van der Waals surface area contributed by atoms with Gasteiger partial charge in [0.1, 0.15) is 5.75 Å². The predicted octanol–water partition coefficient (Wildman–Crippen LogP) is 4.43. The normalized spacial score (nSPS) is 16.3. The molecule has 158 valence electrons. The number of phenols is 1. The molecule has 0 spiro atoms. The molecule has 0 bridgehead atoms. The first-order valence-corrected chi connectivity index (χ1v) is 10.4. The van der Waals surface area contributed by atoms with Crippen LogP contribution in [0, 0.1) is 0 Å². The second kappa shape index (κ2) is 7.96. The Balaban J connectivity index is 1.59. The Kier molecular flexibility index (Phi) is 5.00. The van der Waals surface area contributed by atoms with Crippen molar-refractivity contribution in [3.8, 4) is 17.2 Å². The average molecular weight is 415 g/mol. The topological polar surface area (TPSA) is 70.6 Å². The Hall–Kier alpha value is -3.51. The molecule has 2 aromatic carbocycles. The van der Waals surface area contributed by atoms with Crippen molar-refractivity contribution in [1.29, 1.82) is 0 Å². The molecular formula is C25H25N3O3. The standard InChI is InChI=1S/C25H25N3O3/c1-30-18-6-7-21-20(13-18)19-9-11-28(15-16-5-8-22(29)23(12-16)31-2)25(24(19)27-21)17-4-3-10-26-14-17/h3-8,10,12-14,25,27,29H,9,11,15H2,1-2H3/t25-/m0/s1. The van der Waals surface area contributed by atoms with Crippen molar-refractivity contribution < 1.29 is 14.6 Å². The summed E-state index contributed by atoms with van der Waals surface area (Å²) in [7, 11) is 3.27. The number of rotatable bonds is 5. The Labute approximate surface area is 181 Å². The largest absolute Gasteiger partial charge is 0.504 e. The van der Waals surface area contributed by atoms with Gasteiger partial charge in [-0.25, -0.2) is 0 Å². The molecule has 1 atom stereocenters. The van der Waals surface area contributed by atoms with Crippen molar-refractivity contribution in [2.45, 2.75) is 19.0 Å². The van der Waals surface area contributed by atoms with E-state index < -0.39 is 0 Å². The number of methoxy groups -OCH3 is 2. The van der Waals surface area contributed by atoms with E-state index in [9.17, 15) is 5.11 Å². The van der Waals surface area contributed by atoms with E-state index in [1.54, 1.807) is 26.5 Å². The molecule has 0 radical (unpaired) electrons. The molecule has 0 aliphatic carbocycles. The van der Waals surface area contributed by atoms with Gasteiger partial charge in [-0.05, 0) is 59.5 Å². The van der Waals surface area contributed by atoms with Crippen LogP contribution in [0.1, 0.15) is 28.4 Å². The van der Waals surface area contributed by atoms with Crippen LogP contribution >= 0.6 is 0 Å². The van der Waals surface area contributed by atoms with Gasteiger partial charge in [-0.15, -0.1) is 0 Å². The number of phenolic OH excluding ortho intramolecular Hbond substituents is 1. The van der Waals surface area contributed by atoms with E-state index in [1.807, 2.05) is 30.5 Å². The first kappa shape index (κ1) is 19.5. The summed E-state index contributed by atoms with van der Waals surface area (Å²) < 4.78 is 10.8. The van der Waals surface area contributed by atoms with Crippen LogP contribution in [0.15, 0.2) is 60.9 Å². The molecule has 0 unspecified atom stereocenters. The molecule has 0 saturated carbocycles. The van der Waals surface area contributed by atoms with E-state index in [1.165, 1.54) is 16.6 Å². The molecule has 31 heavy (non-hydrogen) atoms. The third-order valence-corrected chi connectivity index (χ3v) is 6.06. The molecule has 1 aliphatic heterocycles. The number of ether oxygens (including phenoxy) is 2. The monoisotopic (exact) mass is 415 g/mol. The number of hydrogen-bond donors (Lipinski definition) is 2. The zero-order chi connectivity index (χ0) is 21.4. The number of nitrogens with zero attached hydrogens (tertiary/aromatic N) is 2. The number of hydrogen-bond acceptors (Lipinski definition) is 5. The summed E-state index contributed by atoms with van der Waals surface area (Å²) in [5.41, 5.74) is 5.89. The highest BCUT2D eigenvalue weighted by Crippen LogP contribution is 2.40. The van der Waals surface area contributed by atoms with Crippen molar-refractivity contribution in [1.82, 2.24) is 14.9 Å². The number of nitrogens with one attached hydrogen (secondary N) is 1. The fourth-order valence-corrected chi connectivity index (χ4v) is 4.58. The molecule has 0 saturated heterocycles. The Morgan fingerprint density at radius 1 is 1.13 bits per heavy atom. The number of fused-ring (bicyclic) bond motifs is 3. The van der Waals surface area contributed by atoms with Crippen molar-refractivity contribution >= 4 is 10.9 Å². The molecule has 4 aromatic rings. The second-order valence-electron chi connectivity index (χ2n) is 7.84. The molecule has 5 rings (SSSR count). The fourth-order valence-electron chi connectivity index (χ4n) is 4.58. The van der Waals surface area contributed by atoms with Gasteiger partial charge in [-0.2, -0.15) is 0 Å². The van der Waals surface area contributed by atoms with E-state index in [0.29, 0.717) is 5.75 Å². The molecule has 6 heteroatoms. The molecule has 1 aliphatic rings. The summed E-state index contributed by atoms with van der Waals surface area (Å²) in [5.74, 6) is 1.51. The summed E-state index contributed by atoms with van der Waals surface area (Å²) >= 11 is 0. The number of aromatic amines is 1. The van der Waals surface area contributed by atoms with Gasteiger partial charge in [0.15, 0.2) is 11.5 Å². The van der Waals surface area contributed by atoms with E-state index in [-0.39, 0.29) is 11.8 Å². The maximum atomic E-state index is 9.96. The lowest BCUT2D eigenvalue weighted by Gasteiger charge is -2.36. The smallest absolute Gasteiger partial charge is 0.160 e. The van der Waals surface area contributed by atoms with Gasteiger partial charge in [0, 0.05) is 42.1 Å². The zero-order valence-electron chi connectivity index (χ0n) is 17.6. The minimum atomic E-state index is 0.0515. The fraction of sp³-hybridized carbons (Fsp3) is 0.240. The lowest BCUT2D eigenvalue weighted by molar-refractivity contribution is 0.201. The summed E-state index contributed by atoms with van der Waals surface area (Å²) in [6.45, 7) is 1.63. The number of aromatic nitrogens is 2. The molecule has 2 N–H and O–H groups in total. The Morgan fingerprint density at radius 2 is 2.03 bits per heavy atom. The predicted molar refractivity (Wildman–Crippen MR) is 120 cm³/mol. The minimum Gasteiger partial charge on any atom is -0.504 e. The summed E-state index contributed by atoms with van der Waals surface area (Å²) in [5, 5.41) is 11.2. The van der Waals surface area contributed by atoms with Gasteiger partial charge < -0.3 is 19.6 Å². The highest BCUT2D eigenvalue weighted by atomic mass is 16.5. The van der Waals surface area contributed by atoms with Crippen LogP contribution < -0.4 is 9.47 Å². The van der Waals surface area contributed by atoms with Crippen molar-refractivity contribution in [2.24, 2.45) is 0 Å². The van der Waals surface area contributed by atoms with Gasteiger partial charge in [0.25, 0.3) is 0 Å². The number of aromatic hydroxyl groups is 1. The molecule has 6 nitrogen and oxygen atoms in total. The molecule has 3 heterocycles. The van der Waals surface area contributed by atoms with Crippen LogP contribution in [0.2, 0.25) is 0 Å². The lowest BCUT2D eigenvalue weighted by Crippen LogP contribution is -2.35. The highest BCUT2D eigenvalue weighted by molar-refractivity contribution is 5.86. The maximum Gasteiger partial charge on any atom is 0.160 e. The zero-order valence-corrected chi connectivity index (χ0v) is 17.6. The quantitative estimate of drug-likeness (QED) is 0.505. The van der Waals surface area contributed by atoms with Gasteiger partial charge >= 0.3 is 0 Å². The first-order valence-electron chi connectivity index (χ1n) is 10.4. The SMILES string of the molecule is COc1ccc2[nH]c3c(c2c1)CCN(Cc1ccc(O)c(OC)c1)[C@H]3c1cccnc1. The average Bonchev–Trinajstić information content (AvgIpc) is 3.18. The third kappa shape index (κ3) is 3.49. The van der Waals surface area contributed by atoms with E-state index in [0.717, 1.165) is 41.9 Å². The molecule has 2 aromatic heterocycles. The number of pyridine rings is 1. The van der Waals surface area contributed by atoms with Crippen LogP contribution in [0.25, 0.3) is 10.9 Å². The van der Waals surface area contributed by atoms with Crippen LogP contribution in [-0.4, -0.2) is 40.7 Å². The van der Waals surface area contributed by atoms with Crippen LogP contribution in [0.3, 0.4) is 0 Å². The lowest BCUT2D eigenvalue weighted by atomic mass is 9.92. The molecule has 0 fully saturated rings. The van der Waals surface area contributed by atoms with Gasteiger partial charge in [-0.3, -0.25) is 9.88 Å². The van der Waals surface area contributed by atoms with E-state index in [2.05, 4.69) is 33.1 Å². The second-order valence-corrected chi connectivity index (χ2v) is 7.84. The van der Waals surface area contributed by atoms with Gasteiger partial charge in [0.05, 0.1) is 20.3 Å². The third-order valence-electron chi connectivity index (χ3n) is 6.06. The van der Waals surface area contributed by atoms with Crippen LogP contribution in [0.4, 0.5) is 0 Å². The van der Waals surface area contributed by atoms with Crippen molar-refractivity contribution in [2.75, 3.05) is 20.8 Å². The minimum absolute atomic E-state index is 0.0515.